The maximum atomic E-state index is 4.74. The summed E-state index contributed by atoms with van der Waals surface area (Å²) >= 11 is 0. The van der Waals surface area contributed by atoms with Gasteiger partial charge in [0.15, 0.2) is 28.5 Å². The molecule has 0 N–H and O–H groups in total. The van der Waals surface area contributed by atoms with Crippen molar-refractivity contribution in [3.63, 3.8) is 0 Å². The Morgan fingerprint density at radius 3 is 1.08 bits per heavy atom. The van der Waals surface area contributed by atoms with Crippen molar-refractivity contribution in [1.82, 2.24) is 44.9 Å². The van der Waals surface area contributed by atoms with Crippen LogP contribution in [-0.4, -0.2) is 44.9 Å². The maximum absolute atomic E-state index is 4.74. The van der Waals surface area contributed by atoms with E-state index >= 15 is 0 Å². The quantitative estimate of drug-likeness (QED) is 0.154. The van der Waals surface area contributed by atoms with Crippen molar-refractivity contribution < 1.29 is 22.8 Å². The molecule has 0 saturated carbocycles. The zero-order chi connectivity index (χ0) is 78.1. The molecule has 0 fully saturated rings. The highest BCUT2D eigenvalue weighted by molar-refractivity contribution is 5.85. The van der Waals surface area contributed by atoms with Gasteiger partial charge in [-0.1, -0.05) is 107 Å². The monoisotopic (exact) mass is 1470 g/mol. The molecule has 552 valence electrons. The largest absolute Gasteiger partial charge is 0.287 e. The van der Waals surface area contributed by atoms with Crippen molar-refractivity contribution in [3.05, 3.63) is 331 Å². The van der Waals surface area contributed by atoms with Crippen LogP contribution in [0.15, 0.2) is 208 Å². The second-order valence-electron chi connectivity index (χ2n) is 31.2. The van der Waals surface area contributed by atoms with Crippen LogP contribution in [-0.2, 0) is 67.3 Å². The van der Waals surface area contributed by atoms with E-state index in [-0.39, 0.29) is 0 Å². The Labute approximate surface area is 657 Å². The van der Waals surface area contributed by atoms with Crippen molar-refractivity contribution in [1.29, 1.82) is 0 Å². The molecule has 0 saturated heterocycles. The molecule has 0 atom stereocenters. The molecule has 5 aliphatic rings. The van der Waals surface area contributed by atoms with Crippen LogP contribution in [0.3, 0.4) is 0 Å². The van der Waals surface area contributed by atoms with Gasteiger partial charge in [-0.3, -0.25) is 19.9 Å². The van der Waals surface area contributed by atoms with Gasteiger partial charge >= 0.3 is 0 Å². The molecule has 9 heterocycles. The highest BCUT2D eigenvalue weighted by atomic mass is 15.0. The number of rotatable bonds is 5. The summed E-state index contributed by atoms with van der Waals surface area (Å²) in [5, 5.41) is 0. The minimum absolute atomic E-state index is 0.857. The zero-order valence-corrected chi connectivity index (χ0v) is 67.4. The van der Waals surface area contributed by atoms with E-state index in [1.54, 1.807) is 0 Å². The zero-order valence-electron chi connectivity index (χ0n) is 67.4. The lowest BCUT2D eigenvalue weighted by atomic mass is 9.97. The van der Waals surface area contributed by atoms with E-state index in [0.29, 0.717) is 0 Å². The number of aryl methyl sites for hydroxylation is 17. The van der Waals surface area contributed by atoms with Crippen molar-refractivity contribution in [2.45, 2.75) is 115 Å². The average molecular weight is 1470 g/mol. The smallest absolute Gasteiger partial charge is 0.264 e. The molecule has 20 rings (SSSR count). The number of pyridine rings is 4. The number of hydrogen-bond acceptors (Lipinski definition) is 9. The lowest BCUT2D eigenvalue weighted by Crippen LogP contribution is -2.33. The second kappa shape index (κ2) is 30.0. The normalized spacial score (nSPS) is 12.2. The third-order valence-corrected chi connectivity index (χ3v) is 22.9. The Hall–Kier alpha value is -12.7. The van der Waals surface area contributed by atoms with E-state index in [4.69, 9.17) is 15.0 Å². The number of hydrogen-bond donors (Lipinski definition) is 0. The van der Waals surface area contributed by atoms with Gasteiger partial charge in [-0.2, -0.15) is 0 Å². The maximum Gasteiger partial charge on any atom is 0.287 e. The first-order valence-electron chi connectivity index (χ1n) is 38.7. The van der Waals surface area contributed by atoms with Crippen molar-refractivity contribution >= 4 is 0 Å². The van der Waals surface area contributed by atoms with Gasteiger partial charge in [0.25, 0.3) is 31.6 Å². The molecule has 15 aromatic rings. The summed E-state index contributed by atoms with van der Waals surface area (Å²) in [7, 11) is 10.4. The molecule has 6 aromatic carbocycles. The van der Waals surface area contributed by atoms with Crippen molar-refractivity contribution in [2.24, 2.45) is 35.2 Å². The van der Waals surface area contributed by atoms with Gasteiger partial charge in [0.05, 0.1) is 74.4 Å². The van der Waals surface area contributed by atoms with Crippen LogP contribution in [0, 0.1) is 83.1 Å². The van der Waals surface area contributed by atoms with Crippen molar-refractivity contribution in [3.8, 4) is 113 Å². The third-order valence-electron chi connectivity index (χ3n) is 22.9. The fourth-order valence-corrected chi connectivity index (χ4v) is 17.1. The SMILES string of the molecule is Cc1ccc(C)c(-c2c3c(nc[n+]2C)-c2ccc(C)nc2C3)c1.Cc1ccc(C)c(-c2c3c(nc[n+]2C)-c2cccc(C)c2C3)c1.Cc1ccc(C)c(-c2c3c(nc[n+]2C)-c2cccnc2C3)c1.Cc1ccc(C)c(-c2c3c(nc[n+]2C)-c2ccncc2C3)c1.Cc1ccc(C)c(-c2c3c(nc[n+]2C)-c2cnccc2C3)c1. The van der Waals surface area contributed by atoms with Crippen molar-refractivity contribution in [2.75, 3.05) is 0 Å². The van der Waals surface area contributed by atoms with E-state index in [2.05, 4.69) is 304 Å². The third kappa shape index (κ3) is 13.6. The molecule has 9 aromatic heterocycles. The number of fused-ring (bicyclic) bond motifs is 15. The van der Waals surface area contributed by atoms with E-state index in [0.717, 1.165) is 77.7 Å². The lowest BCUT2D eigenvalue weighted by Gasteiger charge is -2.11. The van der Waals surface area contributed by atoms with Gasteiger partial charge in [0.1, 0.15) is 28.5 Å². The van der Waals surface area contributed by atoms with Gasteiger partial charge in [-0.05, 0) is 225 Å². The van der Waals surface area contributed by atoms with Crippen LogP contribution in [0.1, 0.15) is 123 Å². The minimum atomic E-state index is 0.857. The number of aromatic nitrogens is 14. The van der Waals surface area contributed by atoms with E-state index in [1.165, 1.54) is 190 Å². The Morgan fingerprint density at radius 2 is 0.616 bits per heavy atom. The molecule has 0 aliphatic heterocycles. The molecule has 0 bridgehead atoms. The Bertz CT molecular complexity index is 5990. The molecule has 14 nitrogen and oxygen atoms in total. The first-order chi connectivity index (χ1) is 54.0. The first-order valence-corrected chi connectivity index (χ1v) is 38.7. The van der Waals surface area contributed by atoms with Gasteiger partial charge in [0.2, 0.25) is 0 Å². The second-order valence-corrected chi connectivity index (χ2v) is 31.2. The fourth-order valence-electron chi connectivity index (χ4n) is 17.1. The summed E-state index contributed by atoms with van der Waals surface area (Å²) in [6, 6.07) is 52.2. The molecule has 5 aliphatic carbocycles. The predicted molar refractivity (Wildman–Crippen MR) is 443 cm³/mol. The van der Waals surface area contributed by atoms with Crippen LogP contribution < -0.4 is 22.8 Å². The average Bonchev–Trinajstić information content (AvgIpc) is 1.60. The topological polar surface area (TPSA) is 135 Å². The van der Waals surface area contributed by atoms with E-state index in [1.807, 2.05) is 75.6 Å². The van der Waals surface area contributed by atoms with Gasteiger partial charge in [-0.15, -0.1) is 0 Å². The lowest BCUT2D eigenvalue weighted by molar-refractivity contribution is -0.663. The summed E-state index contributed by atoms with van der Waals surface area (Å²) in [5.74, 6) is 0. The summed E-state index contributed by atoms with van der Waals surface area (Å²) < 4.78 is 10.7. The van der Waals surface area contributed by atoms with Crippen LogP contribution in [0.4, 0.5) is 0 Å². The molecule has 112 heavy (non-hydrogen) atoms. The standard InChI is InChI=1S/C21H21N2.C20H20N3.3C19H18N3/c1-13-8-9-15(3)18(10-13)21-19-11-17-14(2)6-5-7-16(17)20(19)22-12-23(21)4;1-12-5-6-13(2)16(9-12)20-17-10-18-15(8-7-14(3)22-18)19(17)21-11-23(20)4;1-12-4-5-13(2)16(8-12)19-17-9-14-10-20-7-6-15(14)18(17)21-11-22(19)3;1-12-4-5-13(2)15(8-12)19-16-9-14-6-7-20-10-17(14)18(16)21-11-22(19)3;1-12-6-7-13(2)15(9-12)19-16-10-17-14(5-4-8-20-17)18(16)21-11-22(19)3/h5-10,12H,11H2,1-4H3;5-9,11H,10H2,1-4H3;2*4-8,10-11H,9H2,1-3H3;4-9,11H,10H2,1-3H3/q5*+1. The summed E-state index contributed by atoms with van der Waals surface area (Å²) in [5.41, 5.74) is 52.5. The molecular formula is C98H95N14+5. The Kier molecular flexibility index (Phi) is 19.6. The van der Waals surface area contributed by atoms with Crippen LogP contribution in [0.2, 0.25) is 0 Å². The van der Waals surface area contributed by atoms with Crippen LogP contribution in [0.25, 0.3) is 113 Å². The minimum Gasteiger partial charge on any atom is -0.264 e. The van der Waals surface area contributed by atoms with Gasteiger partial charge in [-0.25, -0.2) is 22.8 Å². The summed E-state index contributed by atoms with van der Waals surface area (Å²) in [6.45, 7) is 25.8. The molecule has 0 radical (unpaired) electrons. The van der Waals surface area contributed by atoms with Gasteiger partial charge < -0.3 is 0 Å². The van der Waals surface area contributed by atoms with Crippen LogP contribution in [0.5, 0.6) is 0 Å². The Balaban J connectivity index is 0.000000106. The summed E-state index contributed by atoms with van der Waals surface area (Å²) in [4.78, 5) is 41.2. The highest BCUT2D eigenvalue weighted by Crippen LogP contribution is 2.45. The number of benzene rings is 6. The predicted octanol–water partition coefficient (Wildman–Crippen LogP) is 17.0. The molecule has 0 amide bonds. The Morgan fingerprint density at radius 1 is 0.250 bits per heavy atom. The highest BCUT2D eigenvalue weighted by Gasteiger charge is 2.37. The van der Waals surface area contributed by atoms with Gasteiger partial charge in [0, 0.05) is 124 Å². The molecule has 14 heteroatoms. The molecule has 0 unspecified atom stereocenters. The van der Waals surface area contributed by atoms with Crippen LogP contribution >= 0.6 is 0 Å². The first kappa shape index (κ1) is 73.5. The summed E-state index contributed by atoms with van der Waals surface area (Å²) in [6.07, 6.45) is 23.6. The fraction of sp³-hybridized carbons (Fsp3) is 0.224. The molecular weight excluding hydrogens is 1370 g/mol. The number of nitrogens with zero attached hydrogens (tertiary/aromatic N) is 14. The van der Waals surface area contributed by atoms with E-state index < -0.39 is 0 Å². The van der Waals surface area contributed by atoms with E-state index in [9.17, 15) is 0 Å². The molecule has 0 spiro atoms.